The van der Waals surface area contributed by atoms with Crippen LogP contribution in [0.15, 0.2) is 30.9 Å². The van der Waals surface area contributed by atoms with Gasteiger partial charge in [0.15, 0.2) is 11.5 Å². The average Bonchev–Trinajstić information content (AvgIpc) is 3.51. The van der Waals surface area contributed by atoms with Crippen LogP contribution in [0.3, 0.4) is 0 Å². The van der Waals surface area contributed by atoms with Gasteiger partial charge in [0.2, 0.25) is 0 Å². The third-order valence-electron chi connectivity index (χ3n) is 5.29. The van der Waals surface area contributed by atoms with Crippen molar-refractivity contribution in [3.63, 3.8) is 0 Å². The van der Waals surface area contributed by atoms with Crippen LogP contribution in [0, 0.1) is 6.92 Å². The Morgan fingerprint density at radius 1 is 1.32 bits per heavy atom. The Labute approximate surface area is 185 Å². The number of anilines is 2. The molecule has 4 aromatic heterocycles. The lowest BCUT2D eigenvalue weighted by atomic mass is 10.2. The molecule has 0 aromatic carbocycles. The lowest BCUT2D eigenvalue weighted by Gasteiger charge is -2.26. The molecule has 9 nitrogen and oxygen atoms in total. The number of hydrogen-bond donors (Lipinski definition) is 2. The van der Waals surface area contributed by atoms with Crippen LogP contribution in [-0.2, 0) is 4.74 Å². The van der Waals surface area contributed by atoms with Gasteiger partial charge in [0.05, 0.1) is 42.1 Å². The quantitative estimate of drug-likeness (QED) is 0.359. The van der Waals surface area contributed by atoms with Crippen molar-refractivity contribution in [1.82, 2.24) is 33.8 Å². The van der Waals surface area contributed by atoms with E-state index in [1.807, 2.05) is 36.8 Å². The molecule has 0 saturated carbocycles. The van der Waals surface area contributed by atoms with Crippen molar-refractivity contribution in [3.8, 4) is 11.3 Å². The molecule has 0 amide bonds. The number of fused-ring (bicyclic) bond motifs is 1. The van der Waals surface area contributed by atoms with Crippen molar-refractivity contribution in [2.75, 3.05) is 31.6 Å². The number of likely N-dealkylation sites (N-methyl/N-ethyl adjacent to an activating group) is 1. The normalized spacial score (nSPS) is 12.7. The van der Waals surface area contributed by atoms with Crippen molar-refractivity contribution in [2.45, 2.75) is 33.7 Å². The Bertz CT molecular complexity index is 1120. The van der Waals surface area contributed by atoms with Gasteiger partial charge in [0.1, 0.15) is 5.00 Å². The number of aromatic amines is 1. The number of ether oxygens (including phenoxy) is 1. The maximum absolute atomic E-state index is 5.52. The largest absolute Gasteiger partial charge is 0.380 e. The number of nitrogens with zero attached hydrogens (tertiary/aromatic N) is 6. The number of nitrogens with one attached hydrogen (secondary N) is 2. The molecule has 0 aliphatic carbocycles. The van der Waals surface area contributed by atoms with E-state index in [0.29, 0.717) is 5.82 Å². The minimum atomic E-state index is 0.210. The number of aromatic nitrogens is 6. The zero-order valence-electron chi connectivity index (χ0n) is 18.3. The number of rotatable bonds is 10. The Hall–Kier alpha value is -2.82. The van der Waals surface area contributed by atoms with E-state index in [9.17, 15) is 0 Å². The van der Waals surface area contributed by atoms with Crippen LogP contribution in [0.5, 0.6) is 0 Å². The Balaban J connectivity index is 1.56. The van der Waals surface area contributed by atoms with Gasteiger partial charge >= 0.3 is 0 Å². The van der Waals surface area contributed by atoms with Crippen LogP contribution in [-0.4, -0.2) is 60.1 Å². The van der Waals surface area contributed by atoms with Crippen molar-refractivity contribution < 1.29 is 4.74 Å². The number of imidazole rings is 1. The fraction of sp³-hybridized carbons (Fsp3) is 0.429. The van der Waals surface area contributed by atoms with Crippen LogP contribution >= 0.6 is 11.5 Å². The van der Waals surface area contributed by atoms with E-state index >= 15 is 0 Å². The number of hydrogen-bond acceptors (Lipinski definition) is 8. The molecule has 10 heteroatoms. The van der Waals surface area contributed by atoms with Crippen molar-refractivity contribution in [2.24, 2.45) is 0 Å². The fourth-order valence-corrected chi connectivity index (χ4v) is 4.32. The zero-order chi connectivity index (χ0) is 21.8. The first-order chi connectivity index (χ1) is 15.1. The summed E-state index contributed by atoms with van der Waals surface area (Å²) < 4.78 is 12.2. The van der Waals surface area contributed by atoms with Gasteiger partial charge in [-0.05, 0) is 44.9 Å². The van der Waals surface area contributed by atoms with Gasteiger partial charge in [-0.15, -0.1) is 0 Å². The topological polar surface area (TPSA) is 96.3 Å². The predicted molar refractivity (Wildman–Crippen MR) is 123 cm³/mol. The van der Waals surface area contributed by atoms with E-state index < -0.39 is 0 Å². The van der Waals surface area contributed by atoms with Crippen molar-refractivity contribution >= 4 is 28.0 Å². The molecular weight excluding hydrogens is 412 g/mol. The molecular formula is C21H28N8OS. The van der Waals surface area contributed by atoms with Crippen molar-refractivity contribution in [1.29, 1.82) is 0 Å². The molecule has 0 spiro atoms. The first kappa shape index (κ1) is 21.4. The van der Waals surface area contributed by atoms with Gasteiger partial charge in [0.25, 0.3) is 0 Å². The summed E-state index contributed by atoms with van der Waals surface area (Å²) in [5, 5.41) is 11.3. The smallest absolute Gasteiger partial charge is 0.180 e. The summed E-state index contributed by atoms with van der Waals surface area (Å²) >= 11 is 1.44. The monoisotopic (exact) mass is 440 g/mol. The summed E-state index contributed by atoms with van der Waals surface area (Å²) in [7, 11) is 0. The zero-order valence-corrected chi connectivity index (χ0v) is 19.1. The molecule has 31 heavy (non-hydrogen) atoms. The minimum absolute atomic E-state index is 0.210. The standard InChI is InChI=1S/C21H28N8OS/c1-5-28(7-8-30-6-2)15(4)17-9-19(31-27-17)26-20-21-22-12-18(16-10-23-24-11-16)29(21)13-14(3)25-20/h9-13,15H,5-8H2,1-4H3,(H,23,24)(H,25,26). The van der Waals surface area contributed by atoms with Crippen LogP contribution < -0.4 is 5.32 Å². The van der Waals surface area contributed by atoms with Crippen molar-refractivity contribution in [3.05, 3.63) is 42.2 Å². The second-order valence-corrected chi connectivity index (χ2v) is 8.10. The van der Waals surface area contributed by atoms with Crippen LogP contribution in [0.25, 0.3) is 16.9 Å². The van der Waals surface area contributed by atoms with E-state index in [1.165, 1.54) is 11.5 Å². The SMILES string of the molecule is CCOCCN(CC)C(C)c1cc(Nc2nc(C)cn3c(-c4cn[nH]c4)cnc23)sn1. The molecule has 0 aliphatic rings. The third-order valence-corrected chi connectivity index (χ3v) is 6.00. The molecule has 1 atom stereocenters. The summed E-state index contributed by atoms with van der Waals surface area (Å²) in [6.45, 7) is 11.6. The lowest BCUT2D eigenvalue weighted by Crippen LogP contribution is -2.30. The number of aryl methyl sites for hydroxylation is 1. The summed E-state index contributed by atoms with van der Waals surface area (Å²) in [5.74, 6) is 0.710. The molecule has 2 N–H and O–H groups in total. The van der Waals surface area contributed by atoms with E-state index in [0.717, 1.165) is 59.6 Å². The highest BCUT2D eigenvalue weighted by Crippen LogP contribution is 2.30. The summed E-state index contributed by atoms with van der Waals surface area (Å²) in [4.78, 5) is 11.6. The maximum atomic E-state index is 5.52. The molecule has 1 unspecified atom stereocenters. The van der Waals surface area contributed by atoms with E-state index in [1.54, 1.807) is 6.20 Å². The van der Waals surface area contributed by atoms with Crippen LogP contribution in [0.4, 0.5) is 10.8 Å². The highest BCUT2D eigenvalue weighted by molar-refractivity contribution is 7.10. The lowest BCUT2D eigenvalue weighted by molar-refractivity contribution is 0.0996. The van der Waals surface area contributed by atoms with Crippen LogP contribution in [0.1, 0.15) is 38.2 Å². The predicted octanol–water partition coefficient (Wildman–Crippen LogP) is 4.05. The fourth-order valence-electron chi connectivity index (χ4n) is 3.60. The first-order valence-corrected chi connectivity index (χ1v) is 11.3. The molecule has 4 heterocycles. The molecule has 4 aromatic rings. The summed E-state index contributed by atoms with van der Waals surface area (Å²) in [6.07, 6.45) is 7.46. The second-order valence-electron chi connectivity index (χ2n) is 7.30. The molecule has 0 bridgehead atoms. The highest BCUT2D eigenvalue weighted by atomic mass is 32.1. The molecule has 0 saturated heterocycles. The average molecular weight is 441 g/mol. The van der Waals surface area contributed by atoms with Gasteiger partial charge in [-0.1, -0.05) is 6.92 Å². The summed E-state index contributed by atoms with van der Waals surface area (Å²) in [6, 6.07) is 2.31. The van der Waals surface area contributed by atoms with Gasteiger partial charge in [-0.2, -0.15) is 9.47 Å². The second kappa shape index (κ2) is 9.54. The molecule has 164 valence electrons. The summed E-state index contributed by atoms with van der Waals surface area (Å²) in [5.41, 5.74) is 4.63. The molecule has 4 rings (SSSR count). The van der Waals surface area contributed by atoms with Gasteiger partial charge in [-0.25, -0.2) is 9.97 Å². The van der Waals surface area contributed by atoms with Gasteiger partial charge < -0.3 is 10.1 Å². The minimum Gasteiger partial charge on any atom is -0.380 e. The third kappa shape index (κ3) is 4.60. The first-order valence-electron chi connectivity index (χ1n) is 10.5. The van der Waals surface area contributed by atoms with Gasteiger partial charge in [0, 0.05) is 31.1 Å². The van der Waals surface area contributed by atoms with Gasteiger partial charge in [-0.3, -0.25) is 14.4 Å². The highest BCUT2D eigenvalue weighted by Gasteiger charge is 2.18. The molecule has 0 radical (unpaired) electrons. The Kier molecular flexibility index (Phi) is 6.59. The Morgan fingerprint density at radius 3 is 2.94 bits per heavy atom. The molecule has 0 fully saturated rings. The molecule has 0 aliphatic heterocycles. The van der Waals surface area contributed by atoms with E-state index in [-0.39, 0.29) is 6.04 Å². The van der Waals surface area contributed by atoms with Crippen LogP contribution in [0.2, 0.25) is 0 Å². The van der Waals surface area contributed by atoms with E-state index in [2.05, 4.69) is 54.7 Å². The maximum Gasteiger partial charge on any atom is 0.180 e. The van der Waals surface area contributed by atoms with E-state index in [4.69, 9.17) is 4.74 Å². The Morgan fingerprint density at radius 2 is 2.19 bits per heavy atom. The number of H-pyrrole nitrogens is 1.